The van der Waals surface area contributed by atoms with Crippen LogP contribution in [0.15, 0.2) is 45.6 Å². The molecule has 2 rings (SSSR count). The lowest BCUT2D eigenvalue weighted by molar-refractivity contribution is 0.476. The van der Waals surface area contributed by atoms with E-state index in [0.29, 0.717) is 16.5 Å². The first-order chi connectivity index (χ1) is 7.66. The molecule has 0 unspecified atom stereocenters. The Bertz CT molecular complexity index is 519. The summed E-state index contributed by atoms with van der Waals surface area (Å²) >= 11 is 12.6. The van der Waals surface area contributed by atoms with Crippen LogP contribution in [0.5, 0.6) is 11.5 Å². The zero-order valence-corrected chi connectivity index (χ0v) is 11.9. The summed E-state index contributed by atoms with van der Waals surface area (Å²) < 4.78 is 7.31. The van der Waals surface area contributed by atoms with E-state index in [0.717, 1.165) is 8.95 Å². The number of ether oxygens (including phenoxy) is 1. The second-order valence-corrected chi connectivity index (χ2v) is 5.13. The third-order valence-corrected chi connectivity index (χ3v) is 3.30. The highest BCUT2D eigenvalue weighted by Gasteiger charge is 2.06. The van der Waals surface area contributed by atoms with Crippen LogP contribution >= 0.6 is 43.5 Å². The van der Waals surface area contributed by atoms with Crippen molar-refractivity contribution in [3.05, 3.63) is 50.6 Å². The Morgan fingerprint density at radius 1 is 1.06 bits per heavy atom. The summed E-state index contributed by atoms with van der Waals surface area (Å²) in [6.45, 7) is 0. The summed E-state index contributed by atoms with van der Waals surface area (Å²) in [5.41, 5.74) is 0. The van der Waals surface area contributed by atoms with Crippen molar-refractivity contribution in [2.75, 3.05) is 0 Å². The molecule has 0 aliphatic heterocycles. The first kappa shape index (κ1) is 11.9. The highest BCUT2D eigenvalue weighted by Crippen LogP contribution is 2.34. The van der Waals surface area contributed by atoms with Crippen LogP contribution in [0.1, 0.15) is 0 Å². The van der Waals surface area contributed by atoms with Gasteiger partial charge in [0.25, 0.3) is 0 Å². The normalized spacial score (nSPS) is 10.2. The van der Waals surface area contributed by atoms with E-state index >= 15 is 0 Å². The molecule has 1 aromatic heterocycles. The maximum atomic E-state index is 5.85. The number of hydrogen-bond donors (Lipinski definition) is 0. The number of benzene rings is 1. The number of halogens is 3. The van der Waals surface area contributed by atoms with Crippen molar-refractivity contribution in [1.29, 1.82) is 0 Å². The Morgan fingerprint density at radius 2 is 1.81 bits per heavy atom. The fraction of sp³-hybridized carbons (Fsp3) is 0. The van der Waals surface area contributed by atoms with Gasteiger partial charge in [-0.05, 0) is 50.1 Å². The average Bonchev–Trinajstić information content (AvgIpc) is 2.25. The third-order valence-electron chi connectivity index (χ3n) is 1.85. The van der Waals surface area contributed by atoms with Crippen LogP contribution in [0.4, 0.5) is 0 Å². The molecule has 0 aliphatic carbocycles. The van der Waals surface area contributed by atoms with Crippen molar-refractivity contribution < 1.29 is 4.74 Å². The molecule has 16 heavy (non-hydrogen) atoms. The molecular formula is C11H6Br2ClNO. The Balaban J connectivity index is 2.31. The lowest BCUT2D eigenvalue weighted by Gasteiger charge is -2.08. The van der Waals surface area contributed by atoms with Crippen LogP contribution in [0, 0.1) is 0 Å². The summed E-state index contributed by atoms with van der Waals surface area (Å²) in [6.07, 6.45) is 3.35. The molecule has 0 saturated carbocycles. The lowest BCUT2D eigenvalue weighted by Crippen LogP contribution is -1.87. The Morgan fingerprint density at radius 3 is 2.50 bits per heavy atom. The van der Waals surface area contributed by atoms with E-state index in [1.165, 1.54) is 0 Å². The molecule has 0 bridgehead atoms. The van der Waals surface area contributed by atoms with Gasteiger partial charge in [0.15, 0.2) is 0 Å². The van der Waals surface area contributed by atoms with Crippen LogP contribution in [0.3, 0.4) is 0 Å². The van der Waals surface area contributed by atoms with Gasteiger partial charge in [0.2, 0.25) is 0 Å². The van der Waals surface area contributed by atoms with E-state index in [-0.39, 0.29) is 0 Å². The third kappa shape index (κ3) is 2.75. The summed E-state index contributed by atoms with van der Waals surface area (Å²) in [5, 5.41) is 0.660. The van der Waals surface area contributed by atoms with Crippen LogP contribution in [0.25, 0.3) is 0 Å². The van der Waals surface area contributed by atoms with Crippen LogP contribution in [0.2, 0.25) is 5.02 Å². The predicted octanol–water partition coefficient (Wildman–Crippen LogP) is 5.05. The van der Waals surface area contributed by atoms with Gasteiger partial charge in [-0.1, -0.05) is 11.6 Å². The lowest BCUT2D eigenvalue weighted by atomic mass is 10.3. The molecule has 0 fully saturated rings. The van der Waals surface area contributed by atoms with Crippen molar-refractivity contribution >= 4 is 43.5 Å². The molecule has 0 amide bonds. The maximum Gasteiger partial charge on any atom is 0.144 e. The largest absolute Gasteiger partial charge is 0.455 e. The minimum absolute atomic E-state index is 0.660. The highest BCUT2D eigenvalue weighted by molar-refractivity contribution is 9.11. The second-order valence-electron chi connectivity index (χ2n) is 2.98. The molecule has 0 spiro atoms. The predicted molar refractivity (Wildman–Crippen MR) is 71.2 cm³/mol. The van der Waals surface area contributed by atoms with Crippen LogP contribution in [-0.2, 0) is 0 Å². The summed E-state index contributed by atoms with van der Waals surface area (Å²) in [7, 11) is 0. The van der Waals surface area contributed by atoms with Crippen molar-refractivity contribution in [3.8, 4) is 11.5 Å². The van der Waals surface area contributed by atoms with E-state index in [1.807, 2.05) is 0 Å². The van der Waals surface area contributed by atoms with Crippen LogP contribution in [-0.4, -0.2) is 4.98 Å². The zero-order chi connectivity index (χ0) is 11.5. The van der Waals surface area contributed by atoms with Gasteiger partial charge in [0.05, 0.1) is 8.95 Å². The molecule has 0 aliphatic rings. The first-order valence-electron chi connectivity index (χ1n) is 4.39. The van der Waals surface area contributed by atoms with Gasteiger partial charge in [0.1, 0.15) is 11.5 Å². The fourth-order valence-electron chi connectivity index (χ4n) is 1.12. The van der Waals surface area contributed by atoms with Gasteiger partial charge in [-0.3, -0.25) is 4.98 Å². The fourth-order valence-corrected chi connectivity index (χ4v) is 2.22. The summed E-state index contributed by atoms with van der Waals surface area (Å²) in [4.78, 5) is 3.96. The second kappa shape index (κ2) is 5.17. The van der Waals surface area contributed by atoms with Crippen molar-refractivity contribution in [2.24, 2.45) is 0 Å². The van der Waals surface area contributed by atoms with E-state index in [9.17, 15) is 0 Å². The van der Waals surface area contributed by atoms with Crippen LogP contribution < -0.4 is 4.74 Å². The topological polar surface area (TPSA) is 22.1 Å². The van der Waals surface area contributed by atoms with Gasteiger partial charge < -0.3 is 4.74 Å². The van der Waals surface area contributed by atoms with Gasteiger partial charge >= 0.3 is 0 Å². The smallest absolute Gasteiger partial charge is 0.144 e. The van der Waals surface area contributed by atoms with Gasteiger partial charge in [-0.25, -0.2) is 0 Å². The molecule has 0 N–H and O–H groups in total. The Hall–Kier alpha value is -0.580. The SMILES string of the molecule is Clc1ccc(Oc2ccncc2Br)c(Br)c1. The monoisotopic (exact) mass is 361 g/mol. The molecule has 0 saturated heterocycles. The zero-order valence-electron chi connectivity index (χ0n) is 7.95. The van der Waals surface area contributed by atoms with Gasteiger partial charge in [-0.15, -0.1) is 0 Å². The highest BCUT2D eigenvalue weighted by atomic mass is 79.9. The van der Waals surface area contributed by atoms with E-state index < -0.39 is 0 Å². The van der Waals surface area contributed by atoms with E-state index in [4.69, 9.17) is 16.3 Å². The van der Waals surface area contributed by atoms with E-state index in [1.54, 1.807) is 36.7 Å². The summed E-state index contributed by atoms with van der Waals surface area (Å²) in [5.74, 6) is 1.41. The molecule has 5 heteroatoms. The number of nitrogens with zero attached hydrogens (tertiary/aromatic N) is 1. The van der Waals surface area contributed by atoms with Crippen molar-refractivity contribution in [1.82, 2.24) is 4.98 Å². The minimum atomic E-state index is 0.660. The number of pyridine rings is 1. The number of rotatable bonds is 2. The molecular weight excluding hydrogens is 357 g/mol. The molecule has 1 heterocycles. The summed E-state index contributed by atoms with van der Waals surface area (Å²) in [6, 6.07) is 7.15. The minimum Gasteiger partial charge on any atom is -0.455 e. The number of hydrogen-bond acceptors (Lipinski definition) is 2. The Labute approximate surface area is 115 Å². The van der Waals surface area contributed by atoms with Gasteiger partial charge in [0, 0.05) is 23.5 Å². The van der Waals surface area contributed by atoms with Crippen molar-refractivity contribution in [2.45, 2.75) is 0 Å². The quantitative estimate of drug-likeness (QED) is 0.745. The molecule has 82 valence electrons. The molecule has 2 aromatic rings. The standard InChI is InChI=1S/C11H6Br2ClNO/c12-8-5-7(14)1-2-10(8)16-11-3-4-15-6-9(11)13/h1-6H. The molecule has 2 nitrogen and oxygen atoms in total. The average molecular weight is 363 g/mol. The molecule has 0 radical (unpaired) electrons. The Kier molecular flexibility index (Phi) is 3.84. The maximum absolute atomic E-state index is 5.85. The van der Waals surface area contributed by atoms with Gasteiger partial charge in [-0.2, -0.15) is 0 Å². The molecule has 0 atom stereocenters. The number of aromatic nitrogens is 1. The molecule has 1 aromatic carbocycles. The first-order valence-corrected chi connectivity index (χ1v) is 6.35. The van der Waals surface area contributed by atoms with Crippen molar-refractivity contribution in [3.63, 3.8) is 0 Å². The van der Waals surface area contributed by atoms with E-state index in [2.05, 4.69) is 36.8 Å².